The maximum Gasteiger partial charge on any atom is 0.338 e. The van der Waals surface area contributed by atoms with E-state index in [9.17, 15) is 24.9 Å². The van der Waals surface area contributed by atoms with Crippen LogP contribution in [0, 0.1) is 11.8 Å². The third-order valence-electron chi connectivity index (χ3n) is 13.8. The van der Waals surface area contributed by atoms with Gasteiger partial charge in [0.2, 0.25) is 0 Å². The van der Waals surface area contributed by atoms with E-state index < -0.39 is 79.4 Å². The molecular formula is C47H66O14. The number of carbonyl (C=O) groups is 2. The summed E-state index contributed by atoms with van der Waals surface area (Å²) in [5.74, 6) is -2.07. The van der Waals surface area contributed by atoms with Gasteiger partial charge in [0.05, 0.1) is 86.7 Å². The average molecular weight is 855 g/mol. The van der Waals surface area contributed by atoms with Crippen molar-refractivity contribution < 1.29 is 67.5 Å². The zero-order valence-electron chi connectivity index (χ0n) is 35.8. The fourth-order valence-electron chi connectivity index (χ4n) is 10.6. The Balaban J connectivity index is 0.949. The van der Waals surface area contributed by atoms with Gasteiger partial charge in [-0.1, -0.05) is 44.4 Å². The van der Waals surface area contributed by atoms with Crippen molar-refractivity contribution in [3.05, 3.63) is 72.9 Å². The molecular weight excluding hydrogens is 789 g/mol. The Labute approximate surface area is 359 Å². The second-order valence-corrected chi connectivity index (χ2v) is 18.0. The largest absolute Gasteiger partial charge is 0.469 e. The van der Waals surface area contributed by atoms with E-state index in [-0.39, 0.29) is 61.5 Å². The van der Waals surface area contributed by atoms with E-state index in [0.717, 1.165) is 30.4 Å². The maximum absolute atomic E-state index is 13.3. The summed E-state index contributed by atoms with van der Waals surface area (Å²) in [4.78, 5) is 25.7. The van der Waals surface area contributed by atoms with E-state index in [1.807, 2.05) is 6.07 Å². The first kappa shape index (κ1) is 46.0. The lowest BCUT2D eigenvalue weighted by atomic mass is 9.82. The van der Waals surface area contributed by atoms with E-state index in [2.05, 4.69) is 26.7 Å². The van der Waals surface area contributed by atoms with Crippen molar-refractivity contribution in [2.24, 2.45) is 11.8 Å². The van der Waals surface area contributed by atoms with Crippen LogP contribution in [-0.2, 0) is 47.4 Å². The molecule has 6 fully saturated rings. The van der Waals surface area contributed by atoms with E-state index in [1.54, 1.807) is 37.5 Å². The molecule has 61 heavy (non-hydrogen) atoms. The molecule has 0 saturated carbocycles. The van der Waals surface area contributed by atoms with Crippen molar-refractivity contribution >= 4 is 11.9 Å². The van der Waals surface area contributed by atoms with Crippen LogP contribution < -0.4 is 0 Å². The van der Waals surface area contributed by atoms with Crippen LogP contribution >= 0.6 is 0 Å². The molecule has 0 aliphatic carbocycles. The van der Waals surface area contributed by atoms with Crippen molar-refractivity contribution in [1.82, 2.24) is 0 Å². The molecule has 0 radical (unpaired) electrons. The molecule has 1 aromatic carbocycles. The maximum atomic E-state index is 13.3. The molecule has 17 atom stereocenters. The number of aliphatic hydroxyl groups is 3. The summed E-state index contributed by atoms with van der Waals surface area (Å²) in [5, 5.41) is 30.9. The van der Waals surface area contributed by atoms with E-state index in [4.69, 9.17) is 42.6 Å². The number of methoxy groups -OCH3 is 2. The number of hydrogen-bond acceptors (Lipinski definition) is 14. The third kappa shape index (κ3) is 10.5. The predicted molar refractivity (Wildman–Crippen MR) is 221 cm³/mol. The summed E-state index contributed by atoms with van der Waals surface area (Å²) in [5.41, 5.74) is 2.44. The molecule has 338 valence electrons. The molecule has 0 aromatic heterocycles. The molecule has 1 aromatic rings. The Kier molecular flexibility index (Phi) is 15.2. The van der Waals surface area contributed by atoms with Gasteiger partial charge in [-0.2, -0.15) is 0 Å². The third-order valence-corrected chi connectivity index (χ3v) is 13.8. The fraction of sp³-hybridized carbons (Fsp3) is 0.702. The van der Waals surface area contributed by atoms with Crippen molar-refractivity contribution in [2.45, 2.75) is 175 Å². The summed E-state index contributed by atoms with van der Waals surface area (Å²) in [6.45, 7) is 14.4. The smallest absolute Gasteiger partial charge is 0.338 e. The van der Waals surface area contributed by atoms with Crippen molar-refractivity contribution in [3.63, 3.8) is 0 Å². The molecule has 6 aliphatic heterocycles. The molecule has 14 heteroatoms. The van der Waals surface area contributed by atoms with Gasteiger partial charge in [-0.05, 0) is 67.7 Å². The highest BCUT2D eigenvalue weighted by atomic mass is 16.7. The number of benzene rings is 1. The summed E-state index contributed by atoms with van der Waals surface area (Å²) >= 11 is 0. The lowest BCUT2D eigenvalue weighted by Gasteiger charge is -2.43. The number of rotatable bonds is 18. The summed E-state index contributed by atoms with van der Waals surface area (Å²) in [6.07, 6.45) is 1.15. The predicted octanol–water partition coefficient (Wildman–Crippen LogP) is 4.91. The fourth-order valence-corrected chi connectivity index (χ4v) is 10.6. The van der Waals surface area contributed by atoms with Crippen LogP contribution in [-0.4, -0.2) is 139 Å². The highest BCUT2D eigenvalue weighted by molar-refractivity contribution is 5.89. The summed E-state index contributed by atoms with van der Waals surface area (Å²) < 4.78 is 56.5. The Bertz CT molecular complexity index is 1690. The molecule has 6 aliphatic rings. The second kappa shape index (κ2) is 20.2. The first-order valence-electron chi connectivity index (χ1n) is 22.1. The average Bonchev–Trinajstić information content (AvgIpc) is 3.86. The number of carbonyl (C=O) groups excluding carboxylic acids is 2. The Morgan fingerprint density at radius 3 is 2.43 bits per heavy atom. The summed E-state index contributed by atoms with van der Waals surface area (Å²) in [7, 11) is 2.91. The first-order valence-corrected chi connectivity index (χ1v) is 22.1. The van der Waals surface area contributed by atoms with Crippen molar-refractivity contribution in [3.8, 4) is 0 Å². The highest BCUT2D eigenvalue weighted by Crippen LogP contribution is 2.48. The molecule has 7 rings (SSSR count). The van der Waals surface area contributed by atoms with Gasteiger partial charge in [-0.3, -0.25) is 4.79 Å². The van der Waals surface area contributed by atoms with Gasteiger partial charge < -0.3 is 58.0 Å². The lowest BCUT2D eigenvalue weighted by molar-refractivity contribution is -0.258. The van der Waals surface area contributed by atoms with E-state index in [0.29, 0.717) is 44.1 Å². The van der Waals surface area contributed by atoms with Gasteiger partial charge in [-0.25, -0.2) is 4.79 Å². The highest BCUT2D eigenvalue weighted by Gasteiger charge is 2.59. The van der Waals surface area contributed by atoms with Crippen LogP contribution in [0.1, 0.15) is 94.3 Å². The van der Waals surface area contributed by atoms with E-state index >= 15 is 0 Å². The number of aliphatic hydroxyl groups excluding tert-OH is 3. The molecule has 3 N–H and O–H groups in total. The molecule has 0 amide bonds. The zero-order valence-corrected chi connectivity index (χ0v) is 35.8. The van der Waals surface area contributed by atoms with Gasteiger partial charge in [-0.15, -0.1) is 6.58 Å². The van der Waals surface area contributed by atoms with Crippen LogP contribution in [0.25, 0.3) is 0 Å². The second-order valence-electron chi connectivity index (χ2n) is 18.0. The van der Waals surface area contributed by atoms with Gasteiger partial charge in [0.25, 0.3) is 0 Å². The minimum Gasteiger partial charge on any atom is -0.469 e. The van der Waals surface area contributed by atoms with Gasteiger partial charge in [0, 0.05) is 45.1 Å². The van der Waals surface area contributed by atoms with Crippen LogP contribution in [0.2, 0.25) is 0 Å². The normalized spacial score (nSPS) is 40.1. The molecule has 6 saturated heterocycles. The Morgan fingerprint density at radius 2 is 1.70 bits per heavy atom. The van der Waals surface area contributed by atoms with Crippen molar-refractivity contribution in [2.75, 3.05) is 20.8 Å². The lowest BCUT2D eigenvalue weighted by Crippen LogP contribution is -2.55. The first-order chi connectivity index (χ1) is 29.3. The minimum absolute atomic E-state index is 0.0642. The summed E-state index contributed by atoms with van der Waals surface area (Å²) in [6, 6.07) is 8.86. The Hall–Kier alpha value is -3.02. The Morgan fingerprint density at radius 1 is 0.934 bits per heavy atom. The van der Waals surface area contributed by atoms with Gasteiger partial charge in [0.1, 0.15) is 18.3 Å². The van der Waals surface area contributed by atoms with Crippen LogP contribution in [0.5, 0.6) is 0 Å². The molecule has 6 heterocycles. The quantitative estimate of drug-likeness (QED) is 0.134. The van der Waals surface area contributed by atoms with Crippen molar-refractivity contribution in [1.29, 1.82) is 0 Å². The van der Waals surface area contributed by atoms with Crippen LogP contribution in [0.3, 0.4) is 0 Å². The number of hydrogen-bond donors (Lipinski definition) is 3. The number of ether oxygens (including phenoxy) is 9. The molecule has 4 bridgehead atoms. The topological polar surface area (TPSA) is 178 Å². The van der Waals surface area contributed by atoms with Crippen LogP contribution in [0.15, 0.2) is 67.3 Å². The van der Waals surface area contributed by atoms with Gasteiger partial charge >= 0.3 is 11.9 Å². The SMILES string of the molecule is C=CC[C@@H]1O[C@@H]2CC(OC3(CCC4CC(=C)C(CCC5CC(C)C(=C)C(CC6OC(CC(O)CO)[C@H](OC)C6CC(=O)OC)O5)O4)C[C@@H](O)C2O3)C1OC(=O)c1ccccc1. The van der Waals surface area contributed by atoms with Crippen LogP contribution in [0.4, 0.5) is 0 Å². The van der Waals surface area contributed by atoms with Gasteiger partial charge in [0.15, 0.2) is 11.9 Å². The standard InChI is InChI=1S/C47H66O14/c1-7-11-36-45(59-46(52)29-12-9-8-10-13-29)41-23-40(57-36)44-34(50)24-47(60-41,61-44)17-16-32-19-27(3)35(55-32)15-14-31-18-26(2)28(4)37(56-31)22-38-33(21-42(51)53-5)43(54-6)39(58-38)20-30(49)25-48/h7-10,12-13,26,30-41,43-45,48-50H,1,3-4,11,14-25H2,2,5-6H3/t26?,30?,31?,32?,33?,34-,35?,36+,37?,38?,39?,40-,41?,43-,44?,45?,47?/m1/s1. The monoisotopic (exact) mass is 854 g/mol. The number of esters is 2. The van der Waals surface area contributed by atoms with E-state index in [1.165, 1.54) is 7.11 Å². The number of fused-ring (bicyclic) bond motifs is 5. The molecule has 0 spiro atoms. The zero-order chi connectivity index (χ0) is 43.4. The minimum atomic E-state index is -1.10. The molecule has 14 nitrogen and oxygen atoms in total. The molecule has 13 unspecified atom stereocenters.